The molecule has 0 radical (unpaired) electrons. The third kappa shape index (κ3) is 8.10. The molecule has 4 N–H and O–H groups in total. The summed E-state index contributed by atoms with van der Waals surface area (Å²) in [6, 6.07) is 19.6. The number of hydrogen-bond donors (Lipinski definition) is 4. The molecule has 2 rings (SSSR count). The van der Waals surface area contributed by atoms with Crippen molar-refractivity contribution in [3.8, 4) is 0 Å². The summed E-state index contributed by atoms with van der Waals surface area (Å²) in [4.78, 5) is 23.4. The summed E-state index contributed by atoms with van der Waals surface area (Å²) in [6.07, 6.45) is 1.10. The number of nitrogens with one attached hydrogen (secondary N) is 4. The molecule has 0 atom stereocenters. The lowest BCUT2D eigenvalue weighted by molar-refractivity contribution is -0.123. The summed E-state index contributed by atoms with van der Waals surface area (Å²) in [5, 5.41) is 0. The summed E-state index contributed by atoms with van der Waals surface area (Å²) >= 11 is 0. The van der Waals surface area contributed by atoms with Crippen molar-refractivity contribution < 1.29 is 9.59 Å². The zero-order chi connectivity index (χ0) is 17.7. The van der Waals surface area contributed by atoms with Crippen LogP contribution >= 0.6 is 0 Å². The van der Waals surface area contributed by atoms with Gasteiger partial charge in [0.1, 0.15) is 0 Å². The Labute approximate surface area is 148 Å². The fourth-order valence-corrected chi connectivity index (χ4v) is 2.22. The maximum atomic E-state index is 11.7. The van der Waals surface area contributed by atoms with Gasteiger partial charge in [0.05, 0.1) is 0 Å². The molecule has 25 heavy (non-hydrogen) atoms. The molecule has 0 saturated heterocycles. The lowest BCUT2D eigenvalue weighted by Gasteiger charge is -2.08. The van der Waals surface area contributed by atoms with E-state index in [1.54, 1.807) is 0 Å². The average Bonchev–Trinajstić information content (AvgIpc) is 2.63. The lowest BCUT2D eigenvalue weighted by atomic mass is 10.2. The van der Waals surface area contributed by atoms with Crippen molar-refractivity contribution in [3.05, 3.63) is 71.8 Å². The molecule has 0 aliphatic carbocycles. The molecule has 0 aliphatic rings. The third-order valence-corrected chi connectivity index (χ3v) is 3.53. The molecule has 0 heterocycles. The Morgan fingerprint density at radius 2 is 1.04 bits per heavy atom. The van der Waals surface area contributed by atoms with E-state index in [1.807, 2.05) is 60.7 Å². The average molecular weight is 340 g/mol. The van der Waals surface area contributed by atoms with E-state index in [2.05, 4.69) is 21.7 Å². The molecule has 0 fully saturated rings. The predicted octanol–water partition coefficient (Wildman–Crippen LogP) is 1.80. The Balaban J connectivity index is 1.49. The first-order valence-electron chi connectivity index (χ1n) is 8.35. The van der Waals surface area contributed by atoms with E-state index in [0.717, 1.165) is 11.1 Å². The van der Waals surface area contributed by atoms with Crippen LogP contribution in [0, 0.1) is 0 Å². The Morgan fingerprint density at radius 1 is 0.640 bits per heavy atom. The monoisotopic (exact) mass is 340 g/mol. The smallest absolute Gasteiger partial charge is 0.234 e. The highest BCUT2D eigenvalue weighted by Crippen LogP contribution is 1.98. The fourth-order valence-electron chi connectivity index (χ4n) is 2.22. The van der Waals surface area contributed by atoms with Crippen LogP contribution in [-0.4, -0.2) is 11.8 Å². The van der Waals surface area contributed by atoms with E-state index in [1.165, 1.54) is 0 Å². The van der Waals surface area contributed by atoms with Gasteiger partial charge in [-0.3, -0.25) is 20.4 Å². The predicted molar refractivity (Wildman–Crippen MR) is 96.7 cm³/mol. The first-order valence-corrected chi connectivity index (χ1v) is 8.35. The molecule has 0 unspecified atom stereocenters. The maximum Gasteiger partial charge on any atom is 0.234 e. The largest absolute Gasteiger partial charge is 0.291 e. The van der Waals surface area contributed by atoms with Crippen LogP contribution in [0.4, 0.5) is 0 Å². The highest BCUT2D eigenvalue weighted by molar-refractivity contribution is 5.78. The SMILES string of the molecule is O=C(CCCC(=O)NNCc1ccccc1)NNCc1ccccc1. The van der Waals surface area contributed by atoms with Crippen molar-refractivity contribution in [2.45, 2.75) is 32.4 Å². The first kappa shape index (κ1) is 18.6. The molecule has 0 spiro atoms. The highest BCUT2D eigenvalue weighted by atomic mass is 16.2. The molecule has 6 heteroatoms. The molecule has 132 valence electrons. The van der Waals surface area contributed by atoms with Crippen LogP contribution in [0.5, 0.6) is 0 Å². The van der Waals surface area contributed by atoms with Crippen molar-refractivity contribution in [1.82, 2.24) is 21.7 Å². The molecule has 0 aliphatic heterocycles. The second-order valence-electron chi connectivity index (χ2n) is 5.63. The van der Waals surface area contributed by atoms with Crippen molar-refractivity contribution in [2.24, 2.45) is 0 Å². The summed E-state index contributed by atoms with van der Waals surface area (Å²) in [5.74, 6) is -0.248. The van der Waals surface area contributed by atoms with Gasteiger partial charge in [0, 0.05) is 25.9 Å². The van der Waals surface area contributed by atoms with Crippen LogP contribution in [0.25, 0.3) is 0 Å². The van der Waals surface area contributed by atoms with Crippen molar-refractivity contribution in [1.29, 1.82) is 0 Å². The second-order valence-corrected chi connectivity index (χ2v) is 5.63. The zero-order valence-electron chi connectivity index (χ0n) is 14.1. The number of hydrazine groups is 2. The van der Waals surface area contributed by atoms with Crippen LogP contribution in [0.1, 0.15) is 30.4 Å². The lowest BCUT2D eigenvalue weighted by Crippen LogP contribution is -2.38. The fraction of sp³-hybridized carbons (Fsp3) is 0.263. The molecule has 2 aromatic carbocycles. The number of rotatable bonds is 10. The number of carbonyl (C=O) groups excluding carboxylic acids is 2. The van der Waals surface area contributed by atoms with Gasteiger partial charge in [0.2, 0.25) is 11.8 Å². The molecule has 6 nitrogen and oxygen atoms in total. The van der Waals surface area contributed by atoms with E-state index >= 15 is 0 Å². The van der Waals surface area contributed by atoms with Gasteiger partial charge in [-0.25, -0.2) is 10.9 Å². The quantitative estimate of drug-likeness (QED) is 0.497. The standard InChI is InChI=1S/C19H24N4O2/c24-18(22-20-14-16-8-3-1-4-9-16)12-7-13-19(25)23-21-15-17-10-5-2-6-11-17/h1-6,8-11,20-21H,7,12-15H2,(H,22,24)(H,23,25). The van der Waals surface area contributed by atoms with E-state index < -0.39 is 0 Å². The summed E-state index contributed by atoms with van der Waals surface area (Å²) in [5.41, 5.74) is 13.2. The van der Waals surface area contributed by atoms with E-state index in [4.69, 9.17) is 0 Å². The topological polar surface area (TPSA) is 82.3 Å². The van der Waals surface area contributed by atoms with Gasteiger partial charge in [-0.05, 0) is 17.5 Å². The molecule has 2 aromatic rings. The molecular weight excluding hydrogens is 316 g/mol. The molecule has 2 amide bonds. The van der Waals surface area contributed by atoms with Crippen molar-refractivity contribution in [3.63, 3.8) is 0 Å². The van der Waals surface area contributed by atoms with Gasteiger partial charge in [-0.1, -0.05) is 60.7 Å². The Hall–Kier alpha value is -2.70. The second kappa shape index (κ2) is 11.0. The third-order valence-electron chi connectivity index (χ3n) is 3.53. The number of carbonyl (C=O) groups is 2. The van der Waals surface area contributed by atoms with Crippen LogP contribution in [0.3, 0.4) is 0 Å². The highest BCUT2D eigenvalue weighted by Gasteiger charge is 2.04. The van der Waals surface area contributed by atoms with Crippen LogP contribution in [-0.2, 0) is 22.7 Å². The van der Waals surface area contributed by atoms with Gasteiger partial charge < -0.3 is 0 Å². The van der Waals surface area contributed by atoms with Gasteiger partial charge in [-0.2, -0.15) is 0 Å². The Bertz CT molecular complexity index is 589. The zero-order valence-corrected chi connectivity index (χ0v) is 14.1. The maximum absolute atomic E-state index is 11.7. The first-order chi connectivity index (χ1) is 12.2. The number of benzene rings is 2. The normalized spacial score (nSPS) is 10.2. The molecular formula is C19H24N4O2. The number of amides is 2. The van der Waals surface area contributed by atoms with E-state index in [-0.39, 0.29) is 11.8 Å². The van der Waals surface area contributed by atoms with E-state index in [0.29, 0.717) is 32.4 Å². The Kier molecular flexibility index (Phi) is 8.17. The summed E-state index contributed by atoms with van der Waals surface area (Å²) in [6.45, 7) is 1.13. The summed E-state index contributed by atoms with van der Waals surface area (Å²) < 4.78 is 0. The molecule has 0 aromatic heterocycles. The molecule has 0 saturated carbocycles. The Morgan fingerprint density at radius 3 is 1.44 bits per heavy atom. The summed E-state index contributed by atoms with van der Waals surface area (Å²) in [7, 11) is 0. The van der Waals surface area contributed by atoms with Crippen LogP contribution in [0.15, 0.2) is 60.7 Å². The van der Waals surface area contributed by atoms with Gasteiger partial charge in [0.15, 0.2) is 0 Å². The van der Waals surface area contributed by atoms with Gasteiger partial charge in [-0.15, -0.1) is 0 Å². The molecule has 0 bridgehead atoms. The van der Waals surface area contributed by atoms with Crippen molar-refractivity contribution >= 4 is 11.8 Å². The van der Waals surface area contributed by atoms with Crippen LogP contribution in [0.2, 0.25) is 0 Å². The van der Waals surface area contributed by atoms with E-state index in [9.17, 15) is 9.59 Å². The van der Waals surface area contributed by atoms with Gasteiger partial charge >= 0.3 is 0 Å². The van der Waals surface area contributed by atoms with Gasteiger partial charge in [0.25, 0.3) is 0 Å². The number of hydrogen-bond acceptors (Lipinski definition) is 4. The van der Waals surface area contributed by atoms with Crippen LogP contribution < -0.4 is 21.7 Å². The minimum Gasteiger partial charge on any atom is -0.291 e. The van der Waals surface area contributed by atoms with Crippen molar-refractivity contribution in [2.75, 3.05) is 0 Å². The minimum atomic E-state index is -0.124. The minimum absolute atomic E-state index is 0.124.